The van der Waals surface area contributed by atoms with Crippen molar-refractivity contribution in [3.63, 3.8) is 0 Å². The van der Waals surface area contributed by atoms with Crippen molar-refractivity contribution < 1.29 is 16.8 Å². The number of halogens is 2. The Kier molecular flexibility index (Phi) is 9.24. The summed E-state index contributed by atoms with van der Waals surface area (Å²) in [5.74, 6) is -0.367. The van der Waals surface area contributed by atoms with Crippen LogP contribution in [0.3, 0.4) is 0 Å². The lowest BCUT2D eigenvalue weighted by Gasteiger charge is -2.24. The van der Waals surface area contributed by atoms with Crippen molar-refractivity contribution in [2.24, 2.45) is 15.4 Å². The lowest BCUT2D eigenvalue weighted by atomic mass is 10.0. The number of anilines is 1. The molecule has 0 bridgehead atoms. The minimum absolute atomic E-state index is 0.00491. The highest BCUT2D eigenvalue weighted by molar-refractivity contribution is 7.90. The van der Waals surface area contributed by atoms with Gasteiger partial charge in [-0.3, -0.25) is 5.01 Å². The number of benzene rings is 3. The molecule has 212 valence electrons. The minimum Gasteiger partial charge on any atom is -0.364 e. The predicted molar refractivity (Wildman–Crippen MR) is 163 cm³/mol. The molecule has 0 aliphatic carbocycles. The van der Waals surface area contributed by atoms with E-state index < -0.39 is 25.9 Å². The van der Waals surface area contributed by atoms with Gasteiger partial charge in [0.15, 0.2) is 5.84 Å². The Morgan fingerprint density at radius 3 is 2.08 bits per heavy atom. The number of nitrogens with zero attached hydrogens (tertiary/aromatic N) is 3. The normalized spacial score (nSPS) is 17.1. The molecule has 0 amide bonds. The van der Waals surface area contributed by atoms with E-state index in [9.17, 15) is 16.8 Å². The zero-order chi connectivity index (χ0) is 29.1. The molecule has 0 unspecified atom stereocenters. The molecule has 1 N–H and O–H groups in total. The van der Waals surface area contributed by atoms with Crippen molar-refractivity contribution in [2.45, 2.75) is 37.2 Å². The van der Waals surface area contributed by atoms with Crippen LogP contribution >= 0.6 is 23.2 Å². The molecule has 12 heteroatoms. The number of sulfonamides is 1. The van der Waals surface area contributed by atoms with Crippen molar-refractivity contribution in [3.8, 4) is 0 Å². The second kappa shape index (κ2) is 12.3. The Balaban J connectivity index is 1.83. The third-order valence-corrected chi connectivity index (χ3v) is 9.15. The predicted octanol–water partition coefficient (Wildman–Crippen LogP) is 5.75. The fourth-order valence-corrected chi connectivity index (χ4v) is 6.62. The summed E-state index contributed by atoms with van der Waals surface area (Å²) in [6, 6.07) is 21.7. The minimum atomic E-state index is -4.20. The molecule has 0 spiro atoms. The molecule has 3 aromatic rings. The summed E-state index contributed by atoms with van der Waals surface area (Å²) in [6.45, 7) is 3.72. The van der Waals surface area contributed by atoms with Crippen molar-refractivity contribution in [3.05, 3.63) is 94.5 Å². The van der Waals surface area contributed by atoms with Crippen LogP contribution in [0.1, 0.15) is 31.9 Å². The van der Waals surface area contributed by atoms with Gasteiger partial charge in [-0.25, -0.2) is 8.42 Å². The van der Waals surface area contributed by atoms with Crippen LogP contribution in [0.25, 0.3) is 0 Å². The summed E-state index contributed by atoms with van der Waals surface area (Å²) in [6.07, 6.45) is 1.46. The van der Waals surface area contributed by atoms with Gasteiger partial charge in [0.05, 0.1) is 22.4 Å². The van der Waals surface area contributed by atoms with Gasteiger partial charge >= 0.3 is 0 Å². The molecule has 1 aliphatic rings. The van der Waals surface area contributed by atoms with Crippen molar-refractivity contribution in [1.29, 1.82) is 0 Å². The summed E-state index contributed by atoms with van der Waals surface area (Å²) in [7, 11) is -7.59. The Hall–Kier alpha value is -2.92. The van der Waals surface area contributed by atoms with Crippen LogP contribution in [0.4, 0.5) is 5.69 Å². The van der Waals surface area contributed by atoms with Crippen molar-refractivity contribution >= 4 is 60.3 Å². The fourth-order valence-electron chi connectivity index (χ4n) is 4.26. The zero-order valence-electron chi connectivity index (χ0n) is 22.2. The van der Waals surface area contributed by atoms with E-state index in [-0.39, 0.29) is 28.4 Å². The largest absolute Gasteiger partial charge is 0.364 e. The molecule has 4 rings (SSSR count). The maximum absolute atomic E-state index is 13.4. The summed E-state index contributed by atoms with van der Waals surface area (Å²) >= 11 is 12.1. The highest BCUT2D eigenvalue weighted by Gasteiger charge is 2.34. The Morgan fingerprint density at radius 1 is 0.950 bits per heavy atom. The van der Waals surface area contributed by atoms with Gasteiger partial charge in [-0.05, 0) is 60.0 Å². The van der Waals surface area contributed by atoms with E-state index in [0.717, 1.165) is 17.5 Å². The van der Waals surface area contributed by atoms with E-state index >= 15 is 0 Å². The van der Waals surface area contributed by atoms with Crippen LogP contribution < -0.4 is 10.3 Å². The topological polar surface area (TPSA) is 108 Å². The maximum atomic E-state index is 13.4. The molecule has 0 saturated carbocycles. The first-order valence-corrected chi connectivity index (χ1v) is 16.8. The first-order valence-electron chi connectivity index (χ1n) is 12.5. The monoisotopic (exact) mass is 620 g/mol. The molecule has 1 heterocycles. The van der Waals surface area contributed by atoms with Gasteiger partial charge in [-0.2, -0.15) is 13.5 Å². The Morgan fingerprint density at radius 2 is 1.52 bits per heavy atom. The number of amidine groups is 1. The average Bonchev–Trinajstić information content (AvgIpc) is 3.34. The molecule has 0 radical (unpaired) electrons. The number of sulfone groups is 1. The third-order valence-electron chi connectivity index (χ3n) is 6.39. The van der Waals surface area contributed by atoms with E-state index in [2.05, 4.69) is 9.71 Å². The van der Waals surface area contributed by atoms with Gasteiger partial charge in [0.2, 0.25) is 0 Å². The van der Waals surface area contributed by atoms with Crippen LogP contribution in [0.15, 0.2) is 93.3 Å². The van der Waals surface area contributed by atoms with Crippen LogP contribution in [0.5, 0.6) is 0 Å². The summed E-state index contributed by atoms with van der Waals surface area (Å²) in [5.41, 5.74) is 2.10. The molecule has 0 saturated heterocycles. The molecular formula is C28H30Cl2N4O4S2. The Bertz CT molecular complexity index is 1610. The van der Waals surface area contributed by atoms with Gasteiger partial charge in [0.25, 0.3) is 10.0 Å². The van der Waals surface area contributed by atoms with E-state index in [1.807, 2.05) is 56.3 Å². The molecule has 40 heavy (non-hydrogen) atoms. The molecule has 2 atom stereocenters. The van der Waals surface area contributed by atoms with Crippen LogP contribution in [-0.4, -0.2) is 46.4 Å². The molecule has 0 aromatic heterocycles. The number of hydrogen-bond acceptors (Lipinski definition) is 6. The average molecular weight is 622 g/mol. The number of hydrazone groups is 1. The van der Waals surface area contributed by atoms with Crippen LogP contribution in [-0.2, 0) is 19.9 Å². The lowest BCUT2D eigenvalue weighted by Crippen LogP contribution is -2.46. The smallest absolute Gasteiger partial charge is 0.284 e. The Labute approximate surface area is 245 Å². The van der Waals surface area contributed by atoms with Crippen LogP contribution in [0.2, 0.25) is 10.0 Å². The van der Waals surface area contributed by atoms with Gasteiger partial charge in [0, 0.05) is 28.8 Å². The summed E-state index contributed by atoms with van der Waals surface area (Å²) in [4.78, 5) is -0.0480. The van der Waals surface area contributed by atoms with Crippen LogP contribution in [0, 0.1) is 5.92 Å². The lowest BCUT2D eigenvalue weighted by molar-refractivity contribution is 0.483. The number of rotatable bonds is 9. The van der Waals surface area contributed by atoms with Gasteiger partial charge in [-0.1, -0.05) is 67.4 Å². The van der Waals surface area contributed by atoms with Gasteiger partial charge in [0.1, 0.15) is 15.5 Å². The first kappa shape index (κ1) is 30.0. The molecule has 0 fully saturated rings. The van der Waals surface area contributed by atoms with E-state index in [4.69, 9.17) is 28.3 Å². The van der Waals surface area contributed by atoms with Gasteiger partial charge < -0.3 is 5.32 Å². The zero-order valence-corrected chi connectivity index (χ0v) is 25.3. The van der Waals surface area contributed by atoms with Crippen molar-refractivity contribution in [1.82, 2.24) is 5.32 Å². The van der Waals surface area contributed by atoms with E-state index in [1.54, 1.807) is 17.1 Å². The van der Waals surface area contributed by atoms with E-state index in [0.29, 0.717) is 22.2 Å². The maximum Gasteiger partial charge on any atom is 0.284 e. The third kappa shape index (κ3) is 7.63. The molecule has 1 aliphatic heterocycles. The molecule has 8 nitrogen and oxygen atoms in total. The summed E-state index contributed by atoms with van der Waals surface area (Å²) in [5, 5.41) is 10.7. The second-order valence-electron chi connectivity index (χ2n) is 9.95. The van der Waals surface area contributed by atoms with E-state index in [1.165, 1.54) is 24.3 Å². The molecule has 3 aromatic carbocycles. The number of nitrogens with one attached hydrogen (secondary N) is 1. The number of hydrogen-bond donors (Lipinski definition) is 1. The summed E-state index contributed by atoms with van der Waals surface area (Å²) < 4.78 is 55.5. The van der Waals surface area contributed by atoms with Gasteiger partial charge in [-0.15, -0.1) is 4.40 Å². The first-order chi connectivity index (χ1) is 18.8. The van der Waals surface area contributed by atoms with Crippen molar-refractivity contribution in [2.75, 3.05) is 17.0 Å². The SMILES string of the molecule is CC(C)[C@@H](CS(C)(=O)=O)N/C(=N\S(=O)(=O)c1ccc(Cl)cc1)C1=NN(c2ccc(Cl)cc2)[C@@H](c2ccccc2)C1. The highest BCUT2D eigenvalue weighted by Crippen LogP contribution is 2.36. The second-order valence-corrected chi connectivity index (χ2v) is 14.6. The fraction of sp³-hybridized carbons (Fsp3) is 0.286. The standard InChI is InChI=1S/C28H30Cl2N4O4S2/c1-19(2)26(18-39(3,35)36)31-28(33-40(37,38)24-15-11-22(30)12-16-24)25-17-27(20-7-5-4-6-8-20)34(32-25)23-13-9-21(29)10-14-23/h4-16,19,26-27H,17-18H2,1-3H3,(H,31,33)/t26-,27-/m1/s1. The highest BCUT2D eigenvalue weighted by atomic mass is 35.5. The quantitative estimate of drug-likeness (QED) is 0.241. The molecular weight excluding hydrogens is 591 g/mol.